The lowest BCUT2D eigenvalue weighted by Crippen LogP contribution is -2.27. The maximum atomic E-state index is 4.87. The number of piperidine rings is 1. The smallest absolute Gasteiger partial charge is 0.157 e. The average Bonchev–Trinajstić information content (AvgIpc) is 3.16. The van der Waals surface area contributed by atoms with Crippen LogP contribution in [0.3, 0.4) is 0 Å². The van der Waals surface area contributed by atoms with Crippen LogP contribution in [0.1, 0.15) is 49.4 Å². The Kier molecular flexibility index (Phi) is 3.30. The van der Waals surface area contributed by atoms with Crippen LogP contribution in [0, 0.1) is 6.92 Å². The second-order valence-corrected chi connectivity index (χ2v) is 6.32. The van der Waals surface area contributed by atoms with Gasteiger partial charge in [-0.15, -0.1) is 0 Å². The lowest BCUT2D eigenvalue weighted by atomic mass is 10.0. The first-order valence-electron chi connectivity index (χ1n) is 8.16. The fraction of sp³-hybridized carbons (Fsp3) is 0.625. The van der Waals surface area contributed by atoms with Crippen LogP contribution in [0.4, 0.5) is 5.82 Å². The summed E-state index contributed by atoms with van der Waals surface area (Å²) in [5, 5.41) is 8.30. The van der Waals surface area contributed by atoms with E-state index < -0.39 is 0 Å². The molecule has 4 heterocycles. The summed E-state index contributed by atoms with van der Waals surface area (Å²) in [6.07, 6.45) is 8.44. The predicted molar refractivity (Wildman–Crippen MR) is 83.8 cm³/mol. The summed E-state index contributed by atoms with van der Waals surface area (Å²) < 4.78 is 1.94. The molecule has 4 rings (SSSR count). The molecule has 112 valence electrons. The quantitative estimate of drug-likeness (QED) is 0.920. The van der Waals surface area contributed by atoms with Crippen molar-refractivity contribution in [3.8, 4) is 0 Å². The van der Waals surface area contributed by atoms with Crippen LogP contribution in [0.2, 0.25) is 0 Å². The lowest BCUT2D eigenvalue weighted by Gasteiger charge is -2.21. The highest BCUT2D eigenvalue weighted by Crippen LogP contribution is 2.26. The van der Waals surface area contributed by atoms with Gasteiger partial charge in [0.15, 0.2) is 5.65 Å². The molecule has 0 saturated carbocycles. The molecule has 1 N–H and O–H groups in total. The number of fused-ring (bicyclic) bond motifs is 1. The molecule has 0 spiro atoms. The van der Waals surface area contributed by atoms with E-state index in [0.717, 1.165) is 36.8 Å². The Morgan fingerprint density at radius 2 is 2.05 bits per heavy atom. The Balaban J connectivity index is 1.70. The SMILES string of the molecule is Cc1cn2nc(C3CCCCN3)cc2nc1N1CCCC1. The van der Waals surface area contributed by atoms with E-state index in [1.54, 1.807) is 0 Å². The van der Waals surface area contributed by atoms with Gasteiger partial charge in [-0.1, -0.05) is 6.42 Å². The monoisotopic (exact) mass is 285 g/mol. The molecule has 0 radical (unpaired) electrons. The fourth-order valence-electron chi connectivity index (χ4n) is 3.54. The van der Waals surface area contributed by atoms with Gasteiger partial charge in [0.25, 0.3) is 0 Å². The summed E-state index contributed by atoms with van der Waals surface area (Å²) in [5.41, 5.74) is 3.33. The highest BCUT2D eigenvalue weighted by atomic mass is 15.3. The van der Waals surface area contributed by atoms with Gasteiger partial charge in [0, 0.05) is 30.9 Å². The number of anilines is 1. The maximum absolute atomic E-state index is 4.87. The average molecular weight is 285 g/mol. The molecule has 2 aromatic rings. The molecular weight excluding hydrogens is 262 g/mol. The van der Waals surface area contributed by atoms with Gasteiger partial charge in [-0.25, -0.2) is 9.50 Å². The van der Waals surface area contributed by atoms with E-state index in [1.165, 1.54) is 37.7 Å². The number of hydrogen-bond donors (Lipinski definition) is 1. The summed E-state index contributed by atoms with van der Waals surface area (Å²) >= 11 is 0. The second-order valence-electron chi connectivity index (χ2n) is 6.32. The first-order chi connectivity index (χ1) is 10.3. The molecule has 0 aliphatic carbocycles. The third-order valence-electron chi connectivity index (χ3n) is 4.70. The number of nitrogens with zero attached hydrogens (tertiary/aromatic N) is 4. The summed E-state index contributed by atoms with van der Waals surface area (Å²) in [4.78, 5) is 7.27. The van der Waals surface area contributed by atoms with Gasteiger partial charge in [-0.3, -0.25) is 0 Å². The highest BCUT2D eigenvalue weighted by Gasteiger charge is 2.20. The van der Waals surface area contributed by atoms with Crippen molar-refractivity contribution >= 4 is 11.5 Å². The van der Waals surface area contributed by atoms with Crippen LogP contribution in [0.15, 0.2) is 12.3 Å². The molecule has 0 amide bonds. The van der Waals surface area contributed by atoms with Crippen LogP contribution in [-0.2, 0) is 0 Å². The van der Waals surface area contributed by atoms with Gasteiger partial charge in [0.05, 0.1) is 11.7 Å². The van der Waals surface area contributed by atoms with Crippen molar-refractivity contribution in [1.82, 2.24) is 19.9 Å². The van der Waals surface area contributed by atoms with Crippen molar-refractivity contribution in [2.45, 2.75) is 45.1 Å². The zero-order valence-electron chi connectivity index (χ0n) is 12.7. The minimum atomic E-state index is 0.399. The third kappa shape index (κ3) is 2.39. The number of rotatable bonds is 2. The first-order valence-corrected chi connectivity index (χ1v) is 8.16. The molecule has 2 saturated heterocycles. The normalized spacial score (nSPS) is 23.1. The summed E-state index contributed by atoms with van der Waals surface area (Å²) in [7, 11) is 0. The van der Waals surface area contributed by atoms with Crippen molar-refractivity contribution in [2.75, 3.05) is 24.5 Å². The van der Waals surface area contributed by atoms with E-state index in [2.05, 4.69) is 29.4 Å². The standard InChI is InChI=1S/C16H23N5/c1-12-11-21-15(18-16(12)20-8-4-5-9-20)10-14(19-21)13-6-2-3-7-17-13/h10-11,13,17H,2-9H2,1H3. The van der Waals surface area contributed by atoms with Crippen LogP contribution >= 0.6 is 0 Å². The third-order valence-corrected chi connectivity index (χ3v) is 4.70. The van der Waals surface area contributed by atoms with Gasteiger partial charge in [-0.05, 0) is 39.2 Å². The van der Waals surface area contributed by atoms with Gasteiger partial charge in [-0.2, -0.15) is 5.10 Å². The molecular formula is C16H23N5. The Morgan fingerprint density at radius 3 is 2.81 bits per heavy atom. The Hall–Kier alpha value is -1.62. The van der Waals surface area contributed by atoms with Gasteiger partial charge in [0.2, 0.25) is 0 Å². The molecule has 2 aliphatic rings. The molecule has 2 aromatic heterocycles. The van der Waals surface area contributed by atoms with Crippen molar-refractivity contribution in [3.05, 3.63) is 23.5 Å². The highest BCUT2D eigenvalue weighted by molar-refractivity contribution is 5.54. The summed E-state index contributed by atoms with van der Waals surface area (Å²) in [6.45, 7) is 5.51. The largest absolute Gasteiger partial charge is 0.356 e. The Labute approximate surface area is 125 Å². The molecule has 1 unspecified atom stereocenters. The van der Waals surface area contributed by atoms with Crippen molar-refractivity contribution < 1.29 is 0 Å². The summed E-state index contributed by atoms with van der Waals surface area (Å²) in [6, 6.07) is 2.55. The molecule has 5 nitrogen and oxygen atoms in total. The summed E-state index contributed by atoms with van der Waals surface area (Å²) in [5.74, 6) is 1.14. The van der Waals surface area contributed by atoms with E-state index in [0.29, 0.717) is 6.04 Å². The predicted octanol–water partition coefficient (Wildman–Crippen LogP) is 2.45. The molecule has 2 aliphatic heterocycles. The van der Waals surface area contributed by atoms with Crippen LogP contribution in [0.5, 0.6) is 0 Å². The van der Waals surface area contributed by atoms with Crippen molar-refractivity contribution in [3.63, 3.8) is 0 Å². The zero-order chi connectivity index (χ0) is 14.2. The van der Waals surface area contributed by atoms with Gasteiger partial charge < -0.3 is 10.2 Å². The zero-order valence-corrected chi connectivity index (χ0v) is 12.7. The molecule has 2 fully saturated rings. The van der Waals surface area contributed by atoms with Crippen LogP contribution in [-0.4, -0.2) is 34.2 Å². The number of aryl methyl sites for hydroxylation is 1. The van der Waals surface area contributed by atoms with Crippen LogP contribution < -0.4 is 10.2 Å². The Morgan fingerprint density at radius 1 is 1.19 bits per heavy atom. The van der Waals surface area contributed by atoms with E-state index in [1.807, 2.05) is 4.52 Å². The van der Waals surface area contributed by atoms with E-state index in [-0.39, 0.29) is 0 Å². The Bertz CT molecular complexity index is 635. The van der Waals surface area contributed by atoms with Gasteiger partial charge >= 0.3 is 0 Å². The van der Waals surface area contributed by atoms with Crippen molar-refractivity contribution in [1.29, 1.82) is 0 Å². The molecule has 0 aromatic carbocycles. The van der Waals surface area contributed by atoms with Crippen LogP contribution in [0.25, 0.3) is 5.65 Å². The molecule has 21 heavy (non-hydrogen) atoms. The lowest BCUT2D eigenvalue weighted by molar-refractivity contribution is 0.404. The minimum Gasteiger partial charge on any atom is -0.356 e. The van der Waals surface area contributed by atoms with Gasteiger partial charge in [0.1, 0.15) is 5.82 Å². The second kappa shape index (κ2) is 5.30. The molecule has 5 heteroatoms. The number of hydrogen-bond acceptors (Lipinski definition) is 4. The molecule has 1 atom stereocenters. The number of nitrogens with one attached hydrogen (secondary N) is 1. The molecule has 0 bridgehead atoms. The van der Waals surface area contributed by atoms with E-state index in [9.17, 15) is 0 Å². The maximum Gasteiger partial charge on any atom is 0.157 e. The van der Waals surface area contributed by atoms with E-state index >= 15 is 0 Å². The first kappa shape index (κ1) is 13.1. The number of aromatic nitrogens is 3. The van der Waals surface area contributed by atoms with Crippen molar-refractivity contribution in [2.24, 2.45) is 0 Å². The topological polar surface area (TPSA) is 45.5 Å². The minimum absolute atomic E-state index is 0.399. The fourth-order valence-corrected chi connectivity index (χ4v) is 3.54. The van der Waals surface area contributed by atoms with E-state index in [4.69, 9.17) is 10.1 Å².